The van der Waals surface area contributed by atoms with Crippen LogP contribution in [0.1, 0.15) is 11.1 Å². The number of pyridine rings is 1. The summed E-state index contributed by atoms with van der Waals surface area (Å²) in [5.74, 6) is -0.0342. The Morgan fingerprint density at radius 2 is 1.66 bits per heavy atom. The average Bonchev–Trinajstić information content (AvgIpc) is 2.73. The fourth-order valence-electron chi connectivity index (χ4n) is 2.46. The van der Waals surface area contributed by atoms with Crippen molar-refractivity contribution in [3.8, 4) is 11.6 Å². The molecule has 0 bridgehead atoms. The Balaban J connectivity index is 1.51. The van der Waals surface area contributed by atoms with Crippen molar-refractivity contribution in [1.82, 2.24) is 15.6 Å². The number of nitrogens with zero attached hydrogens (tertiary/aromatic N) is 2. The minimum atomic E-state index is -0.500. The van der Waals surface area contributed by atoms with Gasteiger partial charge in [-0.1, -0.05) is 6.07 Å². The second-order valence-corrected chi connectivity index (χ2v) is 6.08. The van der Waals surface area contributed by atoms with Crippen LogP contribution in [0.4, 0.5) is 13.2 Å². The van der Waals surface area contributed by atoms with E-state index >= 15 is 0 Å². The largest absolute Gasteiger partial charge is 0.439 e. The lowest BCUT2D eigenvalue weighted by Gasteiger charge is -2.12. The van der Waals surface area contributed by atoms with Gasteiger partial charge in [-0.15, -0.1) is 0 Å². The van der Waals surface area contributed by atoms with Crippen molar-refractivity contribution in [2.45, 2.75) is 13.1 Å². The van der Waals surface area contributed by atoms with Gasteiger partial charge >= 0.3 is 0 Å². The van der Waals surface area contributed by atoms with Gasteiger partial charge in [0.25, 0.3) is 0 Å². The number of ether oxygens (including phenoxy) is 1. The quantitative estimate of drug-likeness (QED) is 0.482. The van der Waals surface area contributed by atoms with Crippen molar-refractivity contribution >= 4 is 5.96 Å². The van der Waals surface area contributed by atoms with E-state index in [9.17, 15) is 13.2 Å². The summed E-state index contributed by atoms with van der Waals surface area (Å²) in [6.07, 6.45) is 1.63. The molecule has 0 saturated heterocycles. The summed E-state index contributed by atoms with van der Waals surface area (Å²) in [7, 11) is 1.58. The summed E-state index contributed by atoms with van der Waals surface area (Å²) in [6, 6.07) is 12.5. The van der Waals surface area contributed by atoms with Gasteiger partial charge in [-0.25, -0.2) is 18.2 Å². The molecule has 0 atom stereocenters. The molecule has 2 N–H and O–H groups in total. The van der Waals surface area contributed by atoms with Gasteiger partial charge in [-0.05, 0) is 48.0 Å². The first-order valence-corrected chi connectivity index (χ1v) is 8.80. The summed E-state index contributed by atoms with van der Waals surface area (Å²) in [5.41, 5.74) is 1.06. The van der Waals surface area contributed by atoms with Gasteiger partial charge in [-0.2, -0.15) is 0 Å². The van der Waals surface area contributed by atoms with E-state index in [4.69, 9.17) is 4.74 Å². The van der Waals surface area contributed by atoms with E-state index in [1.54, 1.807) is 19.3 Å². The standard InChI is InChI=1S/C21H19F3N4O/c1-25-21(28-13-15-10-17(23)5-8-19(15)24)27-12-14-2-9-20(26-11-14)29-18-6-3-16(22)4-7-18/h2-11H,12-13H2,1H3,(H2,25,27,28). The van der Waals surface area contributed by atoms with E-state index in [-0.39, 0.29) is 17.9 Å². The molecule has 3 rings (SSSR count). The second-order valence-electron chi connectivity index (χ2n) is 6.08. The third-order valence-corrected chi connectivity index (χ3v) is 3.97. The van der Waals surface area contributed by atoms with Crippen LogP contribution in [0.2, 0.25) is 0 Å². The van der Waals surface area contributed by atoms with Gasteiger partial charge < -0.3 is 15.4 Å². The first-order chi connectivity index (χ1) is 14.0. The van der Waals surface area contributed by atoms with E-state index in [2.05, 4.69) is 20.6 Å². The summed E-state index contributed by atoms with van der Waals surface area (Å²) in [6.45, 7) is 0.501. The minimum absolute atomic E-state index is 0.0893. The van der Waals surface area contributed by atoms with Crippen LogP contribution in [0, 0.1) is 17.5 Å². The maximum Gasteiger partial charge on any atom is 0.219 e. The highest BCUT2D eigenvalue weighted by atomic mass is 19.1. The third kappa shape index (κ3) is 5.97. The molecule has 0 saturated carbocycles. The smallest absolute Gasteiger partial charge is 0.219 e. The molecule has 0 aliphatic rings. The summed E-state index contributed by atoms with van der Waals surface area (Å²) < 4.78 is 45.4. The molecule has 8 heteroatoms. The molecule has 0 fully saturated rings. The molecule has 0 aliphatic heterocycles. The molecule has 2 aromatic carbocycles. The van der Waals surface area contributed by atoms with Crippen molar-refractivity contribution in [1.29, 1.82) is 0 Å². The van der Waals surface area contributed by atoms with E-state index in [1.165, 1.54) is 24.3 Å². The zero-order chi connectivity index (χ0) is 20.6. The lowest BCUT2D eigenvalue weighted by Crippen LogP contribution is -2.36. The average molecular weight is 400 g/mol. The van der Waals surface area contributed by atoms with Crippen molar-refractivity contribution in [3.05, 3.63) is 89.4 Å². The van der Waals surface area contributed by atoms with Gasteiger partial charge in [0.15, 0.2) is 5.96 Å². The van der Waals surface area contributed by atoms with E-state index in [0.29, 0.717) is 24.1 Å². The van der Waals surface area contributed by atoms with Crippen molar-refractivity contribution < 1.29 is 17.9 Å². The number of aliphatic imine (C=N–C) groups is 1. The summed E-state index contributed by atoms with van der Waals surface area (Å²) in [5, 5.41) is 5.99. The maximum absolute atomic E-state index is 13.7. The lowest BCUT2D eigenvalue weighted by atomic mass is 10.2. The Labute approximate surface area is 166 Å². The number of halogens is 3. The Morgan fingerprint density at radius 3 is 2.34 bits per heavy atom. The van der Waals surface area contributed by atoms with Crippen molar-refractivity contribution in [2.24, 2.45) is 4.99 Å². The molecule has 0 spiro atoms. The number of benzene rings is 2. The molecule has 29 heavy (non-hydrogen) atoms. The van der Waals surface area contributed by atoms with Crippen LogP contribution in [-0.2, 0) is 13.1 Å². The van der Waals surface area contributed by atoms with Crippen LogP contribution in [0.3, 0.4) is 0 Å². The summed E-state index contributed by atoms with van der Waals surface area (Å²) in [4.78, 5) is 8.26. The monoisotopic (exact) mass is 400 g/mol. The van der Waals surface area contributed by atoms with Crippen LogP contribution < -0.4 is 15.4 Å². The first kappa shape index (κ1) is 20.2. The lowest BCUT2D eigenvalue weighted by molar-refractivity contribution is 0.461. The van der Waals surface area contributed by atoms with Crippen LogP contribution in [-0.4, -0.2) is 18.0 Å². The number of hydrogen-bond donors (Lipinski definition) is 2. The molecule has 5 nitrogen and oxygen atoms in total. The Morgan fingerprint density at radius 1 is 0.931 bits per heavy atom. The highest BCUT2D eigenvalue weighted by Gasteiger charge is 2.06. The third-order valence-electron chi connectivity index (χ3n) is 3.97. The Bertz CT molecular complexity index is 976. The van der Waals surface area contributed by atoms with Crippen molar-refractivity contribution in [3.63, 3.8) is 0 Å². The molecular weight excluding hydrogens is 381 g/mol. The number of guanidine groups is 1. The first-order valence-electron chi connectivity index (χ1n) is 8.80. The zero-order valence-electron chi connectivity index (χ0n) is 15.6. The minimum Gasteiger partial charge on any atom is -0.439 e. The maximum atomic E-state index is 13.7. The number of hydrogen-bond acceptors (Lipinski definition) is 3. The Kier molecular flexibility index (Phi) is 6.67. The second kappa shape index (κ2) is 9.59. The highest BCUT2D eigenvalue weighted by Crippen LogP contribution is 2.19. The molecular formula is C21H19F3N4O. The molecule has 0 radical (unpaired) electrons. The zero-order valence-corrected chi connectivity index (χ0v) is 15.6. The van der Waals surface area contributed by atoms with Gasteiger partial charge in [-0.3, -0.25) is 4.99 Å². The van der Waals surface area contributed by atoms with Gasteiger partial charge in [0.1, 0.15) is 23.2 Å². The van der Waals surface area contributed by atoms with Crippen LogP contribution in [0.15, 0.2) is 65.8 Å². The molecule has 3 aromatic rings. The normalized spacial score (nSPS) is 11.2. The van der Waals surface area contributed by atoms with Gasteiger partial charge in [0.2, 0.25) is 5.88 Å². The molecule has 150 valence electrons. The number of aromatic nitrogens is 1. The molecule has 1 aromatic heterocycles. The predicted octanol–water partition coefficient (Wildman–Crippen LogP) is 4.16. The molecule has 0 amide bonds. The SMILES string of the molecule is CN=C(NCc1ccc(Oc2ccc(F)cc2)nc1)NCc1cc(F)ccc1F. The van der Waals surface area contributed by atoms with Crippen molar-refractivity contribution in [2.75, 3.05) is 7.05 Å². The molecule has 0 aliphatic carbocycles. The van der Waals surface area contributed by atoms with Gasteiger partial charge in [0.05, 0.1) is 0 Å². The molecule has 1 heterocycles. The van der Waals surface area contributed by atoms with Crippen LogP contribution >= 0.6 is 0 Å². The topological polar surface area (TPSA) is 58.5 Å². The predicted molar refractivity (Wildman–Crippen MR) is 104 cm³/mol. The van der Waals surface area contributed by atoms with E-state index < -0.39 is 11.6 Å². The van der Waals surface area contributed by atoms with E-state index in [1.807, 2.05) is 6.07 Å². The fourth-order valence-corrected chi connectivity index (χ4v) is 2.46. The molecule has 0 unspecified atom stereocenters. The van der Waals surface area contributed by atoms with Crippen LogP contribution in [0.25, 0.3) is 0 Å². The fraction of sp³-hybridized carbons (Fsp3) is 0.143. The highest BCUT2D eigenvalue weighted by molar-refractivity contribution is 5.79. The van der Waals surface area contributed by atoms with Crippen LogP contribution in [0.5, 0.6) is 11.6 Å². The summed E-state index contributed by atoms with van der Waals surface area (Å²) >= 11 is 0. The number of nitrogens with one attached hydrogen (secondary N) is 2. The Hall–Kier alpha value is -3.55. The number of rotatable bonds is 6. The van der Waals surface area contributed by atoms with Gasteiger partial charge in [0, 0.05) is 38.0 Å². The van der Waals surface area contributed by atoms with E-state index in [0.717, 1.165) is 23.8 Å².